The molecule has 0 radical (unpaired) electrons. The number of rotatable bonds is 9. The highest BCUT2D eigenvalue weighted by Gasteiger charge is 2.38. The van der Waals surface area contributed by atoms with Gasteiger partial charge in [0, 0.05) is 20.5 Å². The predicted molar refractivity (Wildman–Crippen MR) is 72.6 cm³/mol. The zero-order valence-corrected chi connectivity index (χ0v) is 12.5. The highest BCUT2D eigenvalue weighted by molar-refractivity contribution is 5.73. The molecule has 0 aromatic heterocycles. The molecule has 4 atom stereocenters. The molecule has 1 rings (SSSR count). The fourth-order valence-corrected chi connectivity index (χ4v) is 2.13. The Kier molecular flexibility index (Phi) is 8.74. The molecule has 0 unspecified atom stereocenters. The molecule has 0 aliphatic carbocycles. The van der Waals surface area contributed by atoms with E-state index in [0.717, 1.165) is 0 Å². The van der Waals surface area contributed by atoms with E-state index in [1.807, 2.05) is 0 Å². The Balaban J connectivity index is 2.31. The Morgan fingerprint density at radius 3 is 2.67 bits per heavy atom. The zero-order chi connectivity index (χ0) is 15.7. The number of carbonyl (C=O) groups excluding carboxylic acids is 1. The monoisotopic (exact) mass is 307 g/mol. The number of amides is 1. The number of methoxy groups -OCH3 is 1. The minimum Gasteiger partial charge on any atom is -0.394 e. The molecule has 3 N–H and O–H groups in total. The molecule has 0 spiro atoms. The lowest BCUT2D eigenvalue weighted by Crippen LogP contribution is -2.58. The van der Waals surface area contributed by atoms with Crippen molar-refractivity contribution < 1.29 is 34.0 Å². The Labute approximate surface area is 124 Å². The van der Waals surface area contributed by atoms with Crippen molar-refractivity contribution in [1.82, 2.24) is 5.32 Å². The first-order valence-corrected chi connectivity index (χ1v) is 6.98. The maximum absolute atomic E-state index is 11.1. The first-order chi connectivity index (χ1) is 10.1. The van der Waals surface area contributed by atoms with E-state index in [-0.39, 0.29) is 25.2 Å². The van der Waals surface area contributed by atoms with Gasteiger partial charge in [0.2, 0.25) is 5.91 Å². The normalized spacial score (nSPS) is 29.3. The molecule has 8 nitrogen and oxygen atoms in total. The van der Waals surface area contributed by atoms with Crippen molar-refractivity contribution in [2.75, 3.05) is 40.1 Å². The molecule has 0 aromatic carbocycles. The Morgan fingerprint density at radius 2 is 2.05 bits per heavy atom. The van der Waals surface area contributed by atoms with Gasteiger partial charge in [-0.15, -0.1) is 0 Å². The molecule has 1 amide bonds. The molecule has 21 heavy (non-hydrogen) atoms. The van der Waals surface area contributed by atoms with Crippen molar-refractivity contribution in [1.29, 1.82) is 0 Å². The highest BCUT2D eigenvalue weighted by Crippen LogP contribution is 2.21. The summed E-state index contributed by atoms with van der Waals surface area (Å²) in [4.78, 5) is 11.1. The van der Waals surface area contributed by atoms with Gasteiger partial charge in [-0.25, -0.2) is 0 Å². The van der Waals surface area contributed by atoms with Crippen LogP contribution in [-0.2, 0) is 23.7 Å². The average Bonchev–Trinajstić information content (AvgIpc) is 2.44. The second-order valence-corrected chi connectivity index (χ2v) is 4.80. The van der Waals surface area contributed by atoms with Crippen LogP contribution in [0.15, 0.2) is 0 Å². The van der Waals surface area contributed by atoms with E-state index in [4.69, 9.17) is 24.1 Å². The van der Waals surface area contributed by atoms with Crippen LogP contribution in [0.25, 0.3) is 0 Å². The maximum atomic E-state index is 11.1. The smallest absolute Gasteiger partial charge is 0.217 e. The average molecular weight is 307 g/mol. The van der Waals surface area contributed by atoms with E-state index in [2.05, 4.69) is 5.32 Å². The van der Waals surface area contributed by atoms with Crippen molar-refractivity contribution in [3.05, 3.63) is 0 Å². The third-order valence-corrected chi connectivity index (χ3v) is 3.05. The van der Waals surface area contributed by atoms with Crippen molar-refractivity contribution in [2.24, 2.45) is 0 Å². The predicted octanol–water partition coefficient (Wildman–Crippen LogP) is -1.36. The van der Waals surface area contributed by atoms with Crippen molar-refractivity contribution in [2.45, 2.75) is 37.9 Å². The topological polar surface area (TPSA) is 106 Å². The van der Waals surface area contributed by atoms with Crippen LogP contribution in [0.4, 0.5) is 0 Å². The summed E-state index contributed by atoms with van der Waals surface area (Å²) in [5.41, 5.74) is 0. The van der Waals surface area contributed by atoms with E-state index >= 15 is 0 Å². The summed E-state index contributed by atoms with van der Waals surface area (Å²) in [6.45, 7) is 2.71. The number of aliphatic hydroxyl groups is 2. The van der Waals surface area contributed by atoms with Gasteiger partial charge < -0.3 is 34.5 Å². The quantitative estimate of drug-likeness (QED) is 0.452. The fourth-order valence-electron chi connectivity index (χ4n) is 2.13. The minimum absolute atomic E-state index is 0.0159. The molecule has 1 aliphatic rings. The second kappa shape index (κ2) is 10.0. The molecule has 1 aliphatic heterocycles. The SMILES string of the molecule is CO[C@H]1O[C@H](COCCOCCO)C[C@H](O)[C@H]1NC(C)=O. The van der Waals surface area contributed by atoms with Gasteiger partial charge in [0.25, 0.3) is 0 Å². The van der Waals surface area contributed by atoms with Gasteiger partial charge >= 0.3 is 0 Å². The lowest BCUT2D eigenvalue weighted by Gasteiger charge is -2.38. The molecule has 0 aromatic rings. The Bertz CT molecular complexity index is 302. The van der Waals surface area contributed by atoms with E-state index in [1.54, 1.807) is 0 Å². The van der Waals surface area contributed by atoms with Gasteiger partial charge in [-0.1, -0.05) is 0 Å². The molecular formula is C13H25NO7. The lowest BCUT2D eigenvalue weighted by molar-refractivity contribution is -0.230. The summed E-state index contributed by atoms with van der Waals surface area (Å²) in [5, 5.41) is 21.2. The number of ether oxygens (including phenoxy) is 4. The third kappa shape index (κ3) is 6.68. The molecule has 1 fully saturated rings. The van der Waals surface area contributed by atoms with E-state index in [1.165, 1.54) is 14.0 Å². The summed E-state index contributed by atoms with van der Waals surface area (Å²) in [5.74, 6) is -0.250. The standard InChI is InChI=1S/C13H25NO7/c1-9(16)14-12-11(17)7-10(21-13(12)18-2)8-20-6-5-19-4-3-15/h10-13,15,17H,3-8H2,1-2H3,(H,14,16)/t10-,11-,12+,13-/m0/s1. The molecule has 0 saturated carbocycles. The first-order valence-electron chi connectivity index (χ1n) is 6.98. The van der Waals surface area contributed by atoms with Gasteiger partial charge in [0.15, 0.2) is 6.29 Å². The van der Waals surface area contributed by atoms with Crippen LogP contribution >= 0.6 is 0 Å². The molecule has 8 heteroatoms. The summed E-state index contributed by atoms with van der Waals surface area (Å²) in [6.07, 6.45) is -1.43. The second-order valence-electron chi connectivity index (χ2n) is 4.80. The molecule has 1 saturated heterocycles. The third-order valence-electron chi connectivity index (χ3n) is 3.05. The number of carbonyl (C=O) groups is 1. The van der Waals surface area contributed by atoms with Crippen LogP contribution in [0.5, 0.6) is 0 Å². The van der Waals surface area contributed by atoms with Crippen LogP contribution < -0.4 is 5.32 Å². The molecule has 1 heterocycles. The summed E-state index contributed by atoms with van der Waals surface area (Å²) in [6, 6.07) is -0.586. The number of hydrogen-bond donors (Lipinski definition) is 3. The van der Waals surface area contributed by atoms with Crippen molar-refractivity contribution >= 4 is 5.91 Å². The van der Waals surface area contributed by atoms with Crippen LogP contribution in [0.2, 0.25) is 0 Å². The summed E-state index contributed by atoms with van der Waals surface area (Å²) in [7, 11) is 1.46. The maximum Gasteiger partial charge on any atom is 0.217 e. The summed E-state index contributed by atoms with van der Waals surface area (Å²) >= 11 is 0. The van der Waals surface area contributed by atoms with Gasteiger partial charge in [0.05, 0.1) is 45.2 Å². The van der Waals surface area contributed by atoms with Crippen LogP contribution in [0.3, 0.4) is 0 Å². The zero-order valence-electron chi connectivity index (χ0n) is 12.5. The van der Waals surface area contributed by atoms with Crippen molar-refractivity contribution in [3.63, 3.8) is 0 Å². The van der Waals surface area contributed by atoms with Gasteiger partial charge in [-0.05, 0) is 0 Å². The van der Waals surface area contributed by atoms with Gasteiger partial charge in [0.1, 0.15) is 6.04 Å². The molecule has 124 valence electrons. The lowest BCUT2D eigenvalue weighted by atomic mass is 10.0. The Hall–Kier alpha value is -0.770. The van der Waals surface area contributed by atoms with Gasteiger partial charge in [-0.2, -0.15) is 0 Å². The number of aliphatic hydroxyl groups excluding tert-OH is 2. The van der Waals surface area contributed by atoms with Crippen LogP contribution in [0, 0.1) is 0 Å². The van der Waals surface area contributed by atoms with E-state index < -0.39 is 18.4 Å². The summed E-state index contributed by atoms with van der Waals surface area (Å²) < 4.78 is 21.3. The van der Waals surface area contributed by atoms with Crippen LogP contribution in [0.1, 0.15) is 13.3 Å². The molecular weight excluding hydrogens is 282 g/mol. The van der Waals surface area contributed by atoms with E-state index in [9.17, 15) is 9.90 Å². The number of nitrogens with one attached hydrogen (secondary N) is 1. The highest BCUT2D eigenvalue weighted by atomic mass is 16.7. The van der Waals surface area contributed by atoms with Gasteiger partial charge in [-0.3, -0.25) is 4.79 Å². The fraction of sp³-hybridized carbons (Fsp3) is 0.923. The minimum atomic E-state index is -0.758. The number of hydrogen-bond acceptors (Lipinski definition) is 7. The largest absolute Gasteiger partial charge is 0.394 e. The Morgan fingerprint density at radius 1 is 1.33 bits per heavy atom. The first kappa shape index (κ1) is 18.3. The molecule has 0 bridgehead atoms. The van der Waals surface area contributed by atoms with E-state index in [0.29, 0.717) is 26.2 Å². The van der Waals surface area contributed by atoms with Crippen LogP contribution in [-0.4, -0.2) is 80.8 Å². The van der Waals surface area contributed by atoms with Crippen molar-refractivity contribution in [3.8, 4) is 0 Å².